The average molecular weight is 412 g/mol. The van der Waals surface area contributed by atoms with E-state index in [9.17, 15) is 4.79 Å². The molecule has 1 amide bonds. The summed E-state index contributed by atoms with van der Waals surface area (Å²) in [5.74, 6) is 0.838. The van der Waals surface area contributed by atoms with E-state index in [2.05, 4.69) is 21.6 Å². The topological polar surface area (TPSA) is 83.6 Å². The Labute approximate surface area is 172 Å². The molecule has 0 saturated carbocycles. The highest BCUT2D eigenvalue weighted by Crippen LogP contribution is 2.25. The van der Waals surface area contributed by atoms with Crippen LogP contribution in [0.2, 0.25) is 5.02 Å². The first-order valence-corrected chi connectivity index (χ1v) is 10.0. The Kier molecular flexibility index (Phi) is 6.69. The van der Waals surface area contributed by atoms with Gasteiger partial charge in [0.25, 0.3) is 0 Å². The van der Waals surface area contributed by atoms with E-state index in [0.29, 0.717) is 28.8 Å². The Morgan fingerprint density at radius 3 is 2.54 bits per heavy atom. The Hall–Kier alpha value is -2.82. The van der Waals surface area contributed by atoms with E-state index in [-0.39, 0.29) is 11.7 Å². The Morgan fingerprint density at radius 1 is 1.18 bits per heavy atom. The van der Waals surface area contributed by atoms with Gasteiger partial charge < -0.3 is 9.88 Å². The standard InChI is InChI=1S/C20H18ClN5OS/c1-2-26-19(15-5-7-16(21)8-6-15)24-25-20(26)28-13-18(27)23-17-9-3-14(4-10-17)11-12-22/h3-10H,2,11,13H2,1H3,(H,23,27). The lowest BCUT2D eigenvalue weighted by Crippen LogP contribution is -2.14. The summed E-state index contributed by atoms with van der Waals surface area (Å²) in [6, 6.07) is 16.8. The van der Waals surface area contributed by atoms with E-state index in [1.807, 2.05) is 47.9 Å². The fourth-order valence-electron chi connectivity index (χ4n) is 2.62. The van der Waals surface area contributed by atoms with Crippen molar-refractivity contribution >= 4 is 35.0 Å². The lowest BCUT2D eigenvalue weighted by atomic mass is 10.1. The number of benzene rings is 2. The normalized spacial score (nSPS) is 10.5. The van der Waals surface area contributed by atoms with Crippen molar-refractivity contribution in [3.8, 4) is 17.5 Å². The summed E-state index contributed by atoms with van der Waals surface area (Å²) >= 11 is 7.28. The Bertz CT molecular complexity index is 993. The van der Waals surface area contributed by atoms with Crippen LogP contribution in [0, 0.1) is 11.3 Å². The molecule has 6 nitrogen and oxygen atoms in total. The van der Waals surface area contributed by atoms with E-state index in [4.69, 9.17) is 16.9 Å². The van der Waals surface area contributed by atoms with E-state index >= 15 is 0 Å². The highest BCUT2D eigenvalue weighted by Gasteiger charge is 2.14. The third-order valence-electron chi connectivity index (χ3n) is 3.99. The first-order chi connectivity index (χ1) is 13.6. The van der Waals surface area contributed by atoms with Gasteiger partial charge >= 0.3 is 0 Å². The third-order valence-corrected chi connectivity index (χ3v) is 5.21. The van der Waals surface area contributed by atoms with Gasteiger partial charge in [0, 0.05) is 22.8 Å². The molecule has 0 bridgehead atoms. The summed E-state index contributed by atoms with van der Waals surface area (Å²) in [5, 5.41) is 21.4. The molecule has 8 heteroatoms. The van der Waals surface area contributed by atoms with Gasteiger partial charge in [-0.25, -0.2) is 0 Å². The van der Waals surface area contributed by atoms with Crippen LogP contribution in [0.15, 0.2) is 53.7 Å². The predicted molar refractivity (Wildman–Crippen MR) is 111 cm³/mol. The quantitative estimate of drug-likeness (QED) is 0.582. The number of halogens is 1. The Balaban J connectivity index is 1.63. The van der Waals surface area contributed by atoms with Crippen LogP contribution in [0.1, 0.15) is 12.5 Å². The minimum atomic E-state index is -0.128. The van der Waals surface area contributed by atoms with Gasteiger partial charge in [-0.15, -0.1) is 10.2 Å². The molecule has 0 aliphatic carbocycles. The molecular weight excluding hydrogens is 394 g/mol. The molecule has 1 heterocycles. The smallest absolute Gasteiger partial charge is 0.234 e. The fourth-order valence-corrected chi connectivity index (χ4v) is 3.55. The number of aromatic nitrogens is 3. The van der Waals surface area contributed by atoms with Crippen molar-refractivity contribution in [2.24, 2.45) is 0 Å². The van der Waals surface area contributed by atoms with Crippen LogP contribution in [0.3, 0.4) is 0 Å². The number of thioether (sulfide) groups is 1. The molecule has 3 rings (SSSR count). The summed E-state index contributed by atoms with van der Waals surface area (Å²) in [7, 11) is 0. The van der Waals surface area contributed by atoms with Crippen LogP contribution in [-0.4, -0.2) is 26.4 Å². The van der Waals surface area contributed by atoms with Crippen LogP contribution < -0.4 is 5.32 Å². The second-order valence-corrected chi connectivity index (χ2v) is 7.30. The molecule has 1 N–H and O–H groups in total. The number of carbonyl (C=O) groups is 1. The number of nitriles is 1. The average Bonchev–Trinajstić information content (AvgIpc) is 3.11. The van der Waals surface area contributed by atoms with Gasteiger partial charge in [0.05, 0.1) is 18.2 Å². The number of amides is 1. The zero-order valence-electron chi connectivity index (χ0n) is 15.2. The highest BCUT2D eigenvalue weighted by molar-refractivity contribution is 7.99. The first-order valence-electron chi connectivity index (χ1n) is 8.68. The van der Waals surface area contributed by atoms with Gasteiger partial charge in [-0.1, -0.05) is 35.5 Å². The van der Waals surface area contributed by atoms with Crippen molar-refractivity contribution in [2.45, 2.75) is 25.0 Å². The largest absolute Gasteiger partial charge is 0.325 e. The first kappa shape index (κ1) is 19.9. The number of carbonyl (C=O) groups excluding carboxylic acids is 1. The number of anilines is 1. The van der Waals surface area contributed by atoms with Crippen LogP contribution in [0.25, 0.3) is 11.4 Å². The van der Waals surface area contributed by atoms with Crippen molar-refractivity contribution < 1.29 is 4.79 Å². The summed E-state index contributed by atoms with van der Waals surface area (Å²) in [6.45, 7) is 2.70. The van der Waals surface area contributed by atoms with Gasteiger partial charge in [0.15, 0.2) is 11.0 Å². The number of nitrogens with zero attached hydrogens (tertiary/aromatic N) is 4. The van der Waals surface area contributed by atoms with Crippen LogP contribution in [0.4, 0.5) is 5.69 Å². The zero-order chi connectivity index (χ0) is 19.9. The number of rotatable bonds is 7. The number of hydrogen-bond donors (Lipinski definition) is 1. The molecule has 142 valence electrons. The van der Waals surface area contributed by atoms with E-state index in [1.54, 1.807) is 12.1 Å². The molecule has 0 spiro atoms. The summed E-state index contributed by atoms with van der Waals surface area (Å²) in [4.78, 5) is 12.3. The van der Waals surface area contributed by atoms with Crippen molar-refractivity contribution in [2.75, 3.05) is 11.1 Å². The van der Waals surface area contributed by atoms with E-state index < -0.39 is 0 Å². The SMILES string of the molecule is CCn1c(SCC(=O)Nc2ccc(CC#N)cc2)nnc1-c1ccc(Cl)cc1. The predicted octanol–water partition coefficient (Wildman–Crippen LogP) is 4.42. The molecule has 0 atom stereocenters. The second-order valence-electron chi connectivity index (χ2n) is 5.93. The summed E-state index contributed by atoms with van der Waals surface area (Å²) in [6.07, 6.45) is 0.354. The second kappa shape index (κ2) is 9.40. The van der Waals surface area contributed by atoms with Gasteiger partial charge in [0.2, 0.25) is 5.91 Å². The molecule has 0 saturated heterocycles. The molecule has 0 aliphatic heterocycles. The van der Waals surface area contributed by atoms with Gasteiger partial charge in [0.1, 0.15) is 0 Å². The molecule has 0 unspecified atom stereocenters. The van der Waals surface area contributed by atoms with Crippen LogP contribution in [0.5, 0.6) is 0 Å². The molecule has 2 aromatic carbocycles. The monoisotopic (exact) mass is 411 g/mol. The van der Waals surface area contributed by atoms with Gasteiger partial charge in [-0.2, -0.15) is 5.26 Å². The maximum Gasteiger partial charge on any atom is 0.234 e. The third kappa shape index (κ3) is 4.91. The molecule has 3 aromatic rings. The van der Waals surface area contributed by atoms with Crippen LogP contribution in [-0.2, 0) is 17.8 Å². The van der Waals surface area contributed by atoms with E-state index in [0.717, 1.165) is 17.0 Å². The molecule has 0 radical (unpaired) electrons. The maximum absolute atomic E-state index is 12.3. The summed E-state index contributed by atoms with van der Waals surface area (Å²) in [5.41, 5.74) is 2.54. The van der Waals surface area contributed by atoms with Crippen molar-refractivity contribution in [3.05, 3.63) is 59.1 Å². The fraction of sp³-hybridized carbons (Fsp3) is 0.200. The minimum absolute atomic E-state index is 0.128. The minimum Gasteiger partial charge on any atom is -0.325 e. The molecule has 0 aliphatic rings. The number of nitrogens with one attached hydrogen (secondary N) is 1. The van der Waals surface area contributed by atoms with Crippen molar-refractivity contribution in [3.63, 3.8) is 0 Å². The van der Waals surface area contributed by atoms with Crippen molar-refractivity contribution in [1.82, 2.24) is 14.8 Å². The lowest BCUT2D eigenvalue weighted by molar-refractivity contribution is -0.113. The maximum atomic E-state index is 12.3. The molecule has 28 heavy (non-hydrogen) atoms. The van der Waals surface area contributed by atoms with Crippen molar-refractivity contribution in [1.29, 1.82) is 5.26 Å². The molecule has 1 aromatic heterocycles. The zero-order valence-corrected chi connectivity index (χ0v) is 16.8. The van der Waals surface area contributed by atoms with Crippen LogP contribution >= 0.6 is 23.4 Å². The lowest BCUT2D eigenvalue weighted by Gasteiger charge is -2.08. The molecule has 0 fully saturated rings. The highest BCUT2D eigenvalue weighted by atomic mass is 35.5. The van der Waals surface area contributed by atoms with Gasteiger partial charge in [-0.3, -0.25) is 4.79 Å². The molecular formula is C20H18ClN5OS. The number of hydrogen-bond acceptors (Lipinski definition) is 5. The summed E-state index contributed by atoms with van der Waals surface area (Å²) < 4.78 is 1.97. The van der Waals surface area contributed by atoms with Gasteiger partial charge in [-0.05, 0) is 48.9 Å². The Morgan fingerprint density at radius 2 is 1.89 bits per heavy atom. The van der Waals surface area contributed by atoms with E-state index in [1.165, 1.54) is 11.8 Å².